The lowest BCUT2D eigenvalue weighted by Crippen LogP contribution is -2.24. The van der Waals surface area contributed by atoms with Crippen LogP contribution in [0.5, 0.6) is 5.75 Å². The van der Waals surface area contributed by atoms with Crippen molar-refractivity contribution in [2.75, 3.05) is 24.8 Å². The van der Waals surface area contributed by atoms with Crippen LogP contribution in [0.15, 0.2) is 59.0 Å². The highest BCUT2D eigenvalue weighted by molar-refractivity contribution is 7.98. The molecule has 128 valence electrons. The second-order valence-electron chi connectivity index (χ2n) is 5.32. The Bertz CT molecular complexity index is 832. The van der Waals surface area contributed by atoms with E-state index < -0.39 is 5.97 Å². The zero-order valence-electron chi connectivity index (χ0n) is 13.7. The Morgan fingerprint density at radius 2 is 1.92 bits per heavy atom. The molecule has 0 spiro atoms. The van der Waals surface area contributed by atoms with Gasteiger partial charge in [0.2, 0.25) is 0 Å². The summed E-state index contributed by atoms with van der Waals surface area (Å²) in [5, 5.41) is 2.75. The number of fused-ring (bicyclic) bond motifs is 1. The maximum Gasteiger partial charge on any atom is 0.338 e. The van der Waals surface area contributed by atoms with Gasteiger partial charge in [-0.05, 0) is 30.5 Å². The lowest BCUT2D eigenvalue weighted by molar-refractivity contribution is -0.143. The number of rotatable bonds is 5. The maximum absolute atomic E-state index is 12.1. The Hall–Kier alpha value is -2.73. The molecule has 0 radical (unpaired) electrons. The molecule has 1 heterocycles. The minimum atomic E-state index is -0.553. The molecule has 0 aliphatic carbocycles. The van der Waals surface area contributed by atoms with Crippen LogP contribution < -0.4 is 10.1 Å². The van der Waals surface area contributed by atoms with Crippen LogP contribution in [-0.2, 0) is 14.3 Å². The highest BCUT2D eigenvalue weighted by atomic mass is 32.2. The van der Waals surface area contributed by atoms with Gasteiger partial charge in [0.1, 0.15) is 12.4 Å². The Kier molecular flexibility index (Phi) is 5.40. The lowest BCUT2D eigenvalue weighted by atomic mass is 10.1. The summed E-state index contributed by atoms with van der Waals surface area (Å²) >= 11 is 1.53. The molecule has 1 amide bonds. The first kappa shape index (κ1) is 17.1. The third kappa shape index (κ3) is 4.22. The third-order valence-electron chi connectivity index (χ3n) is 3.61. The van der Waals surface area contributed by atoms with Crippen LogP contribution >= 0.6 is 11.8 Å². The van der Waals surface area contributed by atoms with Crippen molar-refractivity contribution in [3.8, 4) is 5.75 Å². The van der Waals surface area contributed by atoms with E-state index in [4.69, 9.17) is 9.47 Å². The van der Waals surface area contributed by atoms with E-state index in [-0.39, 0.29) is 19.1 Å². The van der Waals surface area contributed by atoms with E-state index >= 15 is 0 Å². The fraction of sp³-hybridized carbons (Fsp3) is 0.158. The fourth-order valence-electron chi connectivity index (χ4n) is 2.39. The number of benzene rings is 2. The summed E-state index contributed by atoms with van der Waals surface area (Å²) in [5.41, 5.74) is 1.90. The van der Waals surface area contributed by atoms with Crippen molar-refractivity contribution in [3.63, 3.8) is 0 Å². The summed E-state index contributed by atoms with van der Waals surface area (Å²) in [6.07, 6.45) is 3.65. The van der Waals surface area contributed by atoms with Gasteiger partial charge in [-0.2, -0.15) is 0 Å². The Balaban J connectivity index is 1.58. The molecule has 1 aliphatic rings. The number of hydrogen-bond donors (Lipinski definition) is 1. The van der Waals surface area contributed by atoms with Crippen molar-refractivity contribution in [2.24, 2.45) is 0 Å². The molecule has 5 nitrogen and oxygen atoms in total. The maximum atomic E-state index is 12.1. The number of carbonyl (C=O) groups is 2. The van der Waals surface area contributed by atoms with Crippen molar-refractivity contribution in [3.05, 3.63) is 59.7 Å². The SMILES string of the molecule is CSc1ccccc1NC(=O)COC(=O)C1=Cc2ccccc2OC1. The standard InChI is InChI=1S/C19H17NO4S/c1-25-17-9-5-3-7-15(17)20-18(21)12-24-19(22)14-10-13-6-2-4-8-16(13)23-11-14/h2-10H,11-12H2,1H3,(H,20,21). The van der Waals surface area contributed by atoms with E-state index in [0.29, 0.717) is 11.3 Å². The van der Waals surface area contributed by atoms with Crippen LogP contribution in [-0.4, -0.2) is 31.3 Å². The van der Waals surface area contributed by atoms with Gasteiger partial charge in [0.25, 0.3) is 5.91 Å². The second kappa shape index (κ2) is 7.90. The van der Waals surface area contributed by atoms with E-state index in [1.807, 2.05) is 48.7 Å². The third-order valence-corrected chi connectivity index (χ3v) is 4.41. The highest BCUT2D eigenvalue weighted by Gasteiger charge is 2.19. The average Bonchev–Trinajstić information content (AvgIpc) is 2.66. The molecule has 0 fully saturated rings. The monoisotopic (exact) mass is 355 g/mol. The Morgan fingerprint density at radius 3 is 2.76 bits per heavy atom. The van der Waals surface area contributed by atoms with E-state index in [2.05, 4.69) is 5.32 Å². The van der Waals surface area contributed by atoms with Crippen LogP contribution in [0.3, 0.4) is 0 Å². The molecule has 2 aromatic carbocycles. The van der Waals surface area contributed by atoms with Crippen molar-refractivity contribution in [2.45, 2.75) is 4.90 Å². The normalized spacial score (nSPS) is 12.4. The van der Waals surface area contributed by atoms with Crippen LogP contribution in [0.1, 0.15) is 5.56 Å². The minimum Gasteiger partial charge on any atom is -0.488 e. The number of thioether (sulfide) groups is 1. The molecule has 0 atom stereocenters. The average molecular weight is 355 g/mol. The predicted molar refractivity (Wildman–Crippen MR) is 97.7 cm³/mol. The van der Waals surface area contributed by atoms with Gasteiger partial charge in [-0.25, -0.2) is 4.79 Å². The molecule has 0 saturated carbocycles. The van der Waals surface area contributed by atoms with E-state index in [1.54, 1.807) is 12.1 Å². The largest absolute Gasteiger partial charge is 0.488 e. The molecule has 3 rings (SSSR count). The van der Waals surface area contributed by atoms with Gasteiger partial charge in [0.15, 0.2) is 6.61 Å². The fourth-order valence-corrected chi connectivity index (χ4v) is 2.95. The molecule has 0 bridgehead atoms. The van der Waals surface area contributed by atoms with Crippen molar-refractivity contribution in [1.29, 1.82) is 0 Å². The smallest absolute Gasteiger partial charge is 0.338 e. The zero-order chi connectivity index (χ0) is 17.6. The number of anilines is 1. The van der Waals surface area contributed by atoms with Gasteiger partial charge < -0.3 is 14.8 Å². The van der Waals surface area contributed by atoms with Gasteiger partial charge in [-0.3, -0.25) is 4.79 Å². The molecule has 6 heteroatoms. The van der Waals surface area contributed by atoms with E-state index in [0.717, 1.165) is 16.2 Å². The summed E-state index contributed by atoms with van der Waals surface area (Å²) in [6, 6.07) is 14.9. The zero-order valence-corrected chi connectivity index (χ0v) is 14.5. The van der Waals surface area contributed by atoms with Crippen LogP contribution in [0.2, 0.25) is 0 Å². The van der Waals surface area contributed by atoms with Gasteiger partial charge in [-0.1, -0.05) is 30.3 Å². The second-order valence-corrected chi connectivity index (χ2v) is 6.17. The summed E-state index contributed by atoms with van der Waals surface area (Å²) in [5.74, 6) is -0.208. The lowest BCUT2D eigenvalue weighted by Gasteiger charge is -2.17. The molecular formula is C19H17NO4S. The van der Waals surface area contributed by atoms with Gasteiger partial charge in [0.05, 0.1) is 11.3 Å². The number of carbonyl (C=O) groups excluding carboxylic acids is 2. The molecule has 0 saturated heterocycles. The quantitative estimate of drug-likeness (QED) is 0.658. The number of para-hydroxylation sites is 2. The van der Waals surface area contributed by atoms with Gasteiger partial charge in [-0.15, -0.1) is 11.8 Å². The first-order chi connectivity index (χ1) is 12.2. The number of hydrogen-bond acceptors (Lipinski definition) is 5. The number of esters is 1. The molecule has 1 N–H and O–H groups in total. The number of amides is 1. The van der Waals surface area contributed by atoms with Crippen molar-refractivity contribution < 1.29 is 19.1 Å². The molecule has 1 aliphatic heterocycles. The number of ether oxygens (including phenoxy) is 2. The predicted octanol–water partition coefficient (Wildman–Crippen LogP) is 3.37. The van der Waals surface area contributed by atoms with Gasteiger partial charge >= 0.3 is 5.97 Å². The van der Waals surface area contributed by atoms with E-state index in [9.17, 15) is 9.59 Å². The molecule has 0 unspecified atom stereocenters. The first-order valence-corrected chi connectivity index (χ1v) is 8.92. The molecule has 2 aromatic rings. The van der Waals surface area contributed by atoms with Crippen LogP contribution in [0, 0.1) is 0 Å². The topological polar surface area (TPSA) is 64.6 Å². The Morgan fingerprint density at radius 1 is 1.16 bits per heavy atom. The summed E-state index contributed by atoms with van der Waals surface area (Å²) < 4.78 is 10.6. The van der Waals surface area contributed by atoms with Gasteiger partial charge in [0, 0.05) is 10.5 Å². The summed E-state index contributed by atoms with van der Waals surface area (Å²) in [7, 11) is 0. The van der Waals surface area contributed by atoms with E-state index in [1.165, 1.54) is 11.8 Å². The van der Waals surface area contributed by atoms with Crippen LogP contribution in [0.4, 0.5) is 5.69 Å². The molecule has 25 heavy (non-hydrogen) atoms. The highest BCUT2D eigenvalue weighted by Crippen LogP contribution is 2.26. The number of nitrogens with one attached hydrogen (secondary N) is 1. The summed E-state index contributed by atoms with van der Waals surface area (Å²) in [4.78, 5) is 25.1. The van der Waals surface area contributed by atoms with Crippen LogP contribution in [0.25, 0.3) is 6.08 Å². The van der Waals surface area contributed by atoms with Crippen molar-refractivity contribution in [1.82, 2.24) is 0 Å². The first-order valence-electron chi connectivity index (χ1n) is 7.70. The minimum absolute atomic E-state index is 0.132. The summed E-state index contributed by atoms with van der Waals surface area (Å²) in [6.45, 7) is -0.215. The molecule has 0 aromatic heterocycles. The van der Waals surface area contributed by atoms with Crippen molar-refractivity contribution >= 4 is 35.4 Å². The Labute approximate surface area is 150 Å². The molecular weight excluding hydrogens is 338 g/mol.